The topological polar surface area (TPSA) is 40.2 Å². The minimum absolute atomic E-state index is 0.550. The number of nitrogens with zero attached hydrogens (tertiary/aromatic N) is 1. The quantitative estimate of drug-likeness (QED) is 0.212. The molecule has 0 radical (unpaired) electrons. The maximum absolute atomic E-state index is 7.48. The SMILES string of the molecule is CCN(CC)P1OC(c2ccccc2)(c2ccccc2)C2OC(C)(C)OC2C(c2ccccc2)(c2ccccc2)O1. The summed E-state index contributed by atoms with van der Waals surface area (Å²) in [6, 6.07) is 41.7. The fourth-order valence-corrected chi connectivity index (χ4v) is 8.09. The zero-order valence-corrected chi connectivity index (χ0v) is 25.0. The Morgan fingerprint density at radius 1 is 0.537 bits per heavy atom. The first kappa shape index (κ1) is 28.2. The number of fused-ring (bicyclic) bond motifs is 1. The average molecular weight is 568 g/mol. The molecule has 0 saturated carbocycles. The molecule has 2 heterocycles. The summed E-state index contributed by atoms with van der Waals surface area (Å²) in [5.41, 5.74) is 1.98. The van der Waals surface area contributed by atoms with Gasteiger partial charge in [0.2, 0.25) is 0 Å². The van der Waals surface area contributed by atoms with Gasteiger partial charge in [0.1, 0.15) is 12.2 Å². The lowest BCUT2D eigenvalue weighted by molar-refractivity contribution is -0.175. The van der Waals surface area contributed by atoms with E-state index in [4.69, 9.17) is 18.5 Å². The lowest BCUT2D eigenvalue weighted by Crippen LogP contribution is -2.53. The van der Waals surface area contributed by atoms with E-state index in [9.17, 15) is 0 Å². The van der Waals surface area contributed by atoms with E-state index in [1.807, 2.05) is 38.1 Å². The van der Waals surface area contributed by atoms with Crippen LogP contribution in [0.25, 0.3) is 0 Å². The summed E-state index contributed by atoms with van der Waals surface area (Å²) in [4.78, 5) is 0. The molecular formula is C35H38NO4P. The average Bonchev–Trinajstić information content (AvgIpc) is 3.30. The standard InChI is InChI=1S/C35H38NO4P/c1-5-36(6-2)41-39-34(27-19-11-7-12-20-27,28-21-13-8-14-22-28)31-32(38-33(3,4)37-31)35(40-41,29-23-15-9-16-24-29)30-25-17-10-18-26-30/h7-26,31-32H,5-6H2,1-4H3. The van der Waals surface area contributed by atoms with Crippen LogP contribution in [0.15, 0.2) is 121 Å². The smallest absolute Gasteiger partial charge is 0.261 e. The minimum atomic E-state index is -1.61. The van der Waals surface area contributed by atoms with Crippen LogP contribution in [0.2, 0.25) is 0 Å². The van der Waals surface area contributed by atoms with Gasteiger partial charge in [0.25, 0.3) is 8.53 Å². The van der Waals surface area contributed by atoms with Gasteiger partial charge < -0.3 is 18.5 Å². The summed E-state index contributed by atoms with van der Waals surface area (Å²) in [6.07, 6.45) is -1.10. The Hall–Kier alpha value is -2.89. The first-order chi connectivity index (χ1) is 19.9. The zero-order chi connectivity index (χ0) is 28.5. The second-order valence-electron chi connectivity index (χ2n) is 11.0. The monoisotopic (exact) mass is 567 g/mol. The molecule has 0 amide bonds. The highest BCUT2D eigenvalue weighted by molar-refractivity contribution is 7.44. The van der Waals surface area contributed by atoms with E-state index in [1.54, 1.807) is 0 Å². The molecule has 2 fully saturated rings. The van der Waals surface area contributed by atoms with Gasteiger partial charge in [0.05, 0.1) is 0 Å². The summed E-state index contributed by atoms with van der Waals surface area (Å²) < 4.78 is 31.3. The Bertz CT molecular complexity index is 1230. The fraction of sp³-hybridized carbons (Fsp3) is 0.314. The molecule has 2 saturated heterocycles. The molecule has 6 heteroatoms. The van der Waals surface area contributed by atoms with Crippen molar-refractivity contribution in [2.45, 2.75) is 56.9 Å². The highest BCUT2D eigenvalue weighted by Gasteiger charge is 2.67. The van der Waals surface area contributed by atoms with Crippen molar-refractivity contribution in [2.75, 3.05) is 13.1 Å². The molecule has 4 aromatic carbocycles. The van der Waals surface area contributed by atoms with E-state index >= 15 is 0 Å². The first-order valence-corrected chi connectivity index (χ1v) is 15.6. The number of hydrogen-bond acceptors (Lipinski definition) is 5. The van der Waals surface area contributed by atoms with Gasteiger partial charge in [-0.15, -0.1) is 0 Å². The zero-order valence-electron chi connectivity index (χ0n) is 24.1. The van der Waals surface area contributed by atoms with Crippen LogP contribution >= 0.6 is 8.53 Å². The Balaban J connectivity index is 1.72. The van der Waals surface area contributed by atoms with Gasteiger partial charge in [-0.3, -0.25) is 0 Å². The molecule has 0 N–H and O–H groups in total. The lowest BCUT2D eigenvalue weighted by atomic mass is 9.72. The highest BCUT2D eigenvalue weighted by atomic mass is 31.2. The van der Waals surface area contributed by atoms with Gasteiger partial charge in [-0.25, -0.2) is 4.67 Å². The van der Waals surface area contributed by atoms with Crippen LogP contribution in [0.1, 0.15) is 49.9 Å². The summed E-state index contributed by atoms with van der Waals surface area (Å²) in [6.45, 7) is 9.81. The predicted molar refractivity (Wildman–Crippen MR) is 163 cm³/mol. The van der Waals surface area contributed by atoms with Crippen molar-refractivity contribution in [2.24, 2.45) is 0 Å². The molecular weight excluding hydrogens is 529 g/mol. The summed E-state index contributed by atoms with van der Waals surface area (Å²) in [5, 5.41) is 0. The second kappa shape index (κ2) is 11.4. The van der Waals surface area contributed by atoms with Gasteiger partial charge in [-0.05, 0) is 36.1 Å². The normalized spacial score (nSPS) is 24.5. The molecule has 41 heavy (non-hydrogen) atoms. The van der Waals surface area contributed by atoms with Crippen LogP contribution in [0, 0.1) is 0 Å². The maximum atomic E-state index is 7.48. The van der Waals surface area contributed by atoms with Crippen LogP contribution in [-0.4, -0.2) is 35.8 Å². The first-order valence-electron chi connectivity index (χ1n) is 14.5. The number of hydrogen-bond donors (Lipinski definition) is 0. The third-order valence-electron chi connectivity index (χ3n) is 8.11. The fourth-order valence-electron chi connectivity index (χ4n) is 6.24. The third kappa shape index (κ3) is 4.85. The largest absolute Gasteiger partial charge is 0.341 e. The van der Waals surface area contributed by atoms with Crippen molar-refractivity contribution in [3.8, 4) is 0 Å². The van der Waals surface area contributed by atoms with Crippen LogP contribution in [0.3, 0.4) is 0 Å². The third-order valence-corrected chi connectivity index (χ3v) is 10.0. The number of benzene rings is 4. The van der Waals surface area contributed by atoms with E-state index in [1.165, 1.54) is 0 Å². The molecule has 4 aromatic rings. The lowest BCUT2D eigenvalue weighted by Gasteiger charge is -2.41. The van der Waals surface area contributed by atoms with E-state index in [0.29, 0.717) is 0 Å². The van der Waals surface area contributed by atoms with Crippen molar-refractivity contribution in [1.29, 1.82) is 0 Å². The molecule has 212 valence electrons. The van der Waals surface area contributed by atoms with E-state index in [2.05, 4.69) is 116 Å². The molecule has 0 spiro atoms. The van der Waals surface area contributed by atoms with Crippen LogP contribution in [-0.2, 0) is 29.7 Å². The van der Waals surface area contributed by atoms with Gasteiger partial charge in [-0.1, -0.05) is 135 Å². The minimum Gasteiger partial charge on any atom is -0.341 e. The molecule has 0 aliphatic carbocycles. The molecule has 2 aliphatic heterocycles. The molecule has 2 unspecified atom stereocenters. The van der Waals surface area contributed by atoms with Crippen molar-refractivity contribution in [3.05, 3.63) is 144 Å². The Morgan fingerprint density at radius 3 is 1.10 bits per heavy atom. The van der Waals surface area contributed by atoms with Crippen molar-refractivity contribution in [3.63, 3.8) is 0 Å². The molecule has 5 nitrogen and oxygen atoms in total. The predicted octanol–water partition coefficient (Wildman–Crippen LogP) is 8.01. The molecule has 2 atom stereocenters. The Labute approximate surface area is 245 Å². The van der Waals surface area contributed by atoms with Crippen molar-refractivity contribution in [1.82, 2.24) is 4.67 Å². The summed E-state index contributed by atoms with van der Waals surface area (Å²) in [5.74, 6) is -0.888. The summed E-state index contributed by atoms with van der Waals surface area (Å²) in [7, 11) is -1.61. The van der Waals surface area contributed by atoms with E-state index < -0.39 is 37.7 Å². The van der Waals surface area contributed by atoms with Gasteiger partial charge in [-0.2, -0.15) is 0 Å². The Kier molecular flexibility index (Phi) is 7.86. The second-order valence-corrected chi connectivity index (χ2v) is 12.4. The van der Waals surface area contributed by atoms with E-state index in [0.717, 1.165) is 35.3 Å². The van der Waals surface area contributed by atoms with Gasteiger partial charge in [0.15, 0.2) is 17.0 Å². The highest BCUT2D eigenvalue weighted by Crippen LogP contribution is 2.65. The van der Waals surface area contributed by atoms with Gasteiger partial charge in [0, 0.05) is 13.1 Å². The molecule has 6 rings (SSSR count). The van der Waals surface area contributed by atoms with Crippen molar-refractivity contribution >= 4 is 8.53 Å². The van der Waals surface area contributed by atoms with Crippen LogP contribution in [0.5, 0.6) is 0 Å². The molecule has 2 aliphatic rings. The Morgan fingerprint density at radius 2 is 0.829 bits per heavy atom. The van der Waals surface area contributed by atoms with Crippen molar-refractivity contribution < 1.29 is 18.5 Å². The van der Waals surface area contributed by atoms with Crippen LogP contribution in [0.4, 0.5) is 0 Å². The number of rotatable bonds is 7. The molecule has 0 aromatic heterocycles. The maximum Gasteiger partial charge on any atom is 0.261 e. The molecule has 0 bridgehead atoms. The van der Waals surface area contributed by atoms with Gasteiger partial charge >= 0.3 is 0 Å². The number of ether oxygens (including phenoxy) is 2. The summed E-state index contributed by atoms with van der Waals surface area (Å²) >= 11 is 0. The van der Waals surface area contributed by atoms with E-state index in [-0.39, 0.29) is 0 Å². The van der Waals surface area contributed by atoms with Crippen LogP contribution < -0.4 is 0 Å².